The van der Waals surface area contributed by atoms with Crippen LogP contribution in [0.15, 0.2) is 66.9 Å². The summed E-state index contributed by atoms with van der Waals surface area (Å²) in [5.41, 5.74) is 2.81. The van der Waals surface area contributed by atoms with Gasteiger partial charge in [0.25, 0.3) is 0 Å². The largest absolute Gasteiger partial charge is 0.493 e. The average molecular weight is 419 g/mol. The highest BCUT2D eigenvalue weighted by molar-refractivity contribution is 6.32. The molecule has 0 aliphatic heterocycles. The number of aromatic nitrogens is 1. The summed E-state index contributed by atoms with van der Waals surface area (Å²) < 4.78 is 10.5. The molecular formula is C24H19ClN2O3. The lowest BCUT2D eigenvalue weighted by atomic mass is 10.1. The van der Waals surface area contributed by atoms with Crippen molar-refractivity contribution < 1.29 is 14.3 Å². The molecule has 1 N–H and O–H groups in total. The number of benzene rings is 2. The van der Waals surface area contributed by atoms with Crippen molar-refractivity contribution in [2.24, 2.45) is 0 Å². The maximum atomic E-state index is 12.3. The van der Waals surface area contributed by atoms with Gasteiger partial charge < -0.3 is 14.8 Å². The molecule has 0 bridgehead atoms. The van der Waals surface area contributed by atoms with Crippen molar-refractivity contribution in [2.45, 2.75) is 0 Å². The Kier molecular flexibility index (Phi) is 7.09. The molecule has 0 aliphatic rings. The van der Waals surface area contributed by atoms with Crippen molar-refractivity contribution in [3.8, 4) is 23.3 Å². The van der Waals surface area contributed by atoms with Gasteiger partial charge in [-0.15, -0.1) is 0 Å². The Hall–Kier alpha value is -3.75. The van der Waals surface area contributed by atoms with Gasteiger partial charge in [-0.2, -0.15) is 0 Å². The monoisotopic (exact) mass is 418 g/mol. The van der Waals surface area contributed by atoms with Gasteiger partial charge in [-0.25, -0.2) is 4.98 Å². The maximum absolute atomic E-state index is 12.3. The third-order valence-electron chi connectivity index (χ3n) is 4.01. The Morgan fingerprint density at radius 3 is 2.67 bits per heavy atom. The minimum absolute atomic E-state index is 0.282. The number of anilines is 1. The number of pyridine rings is 1. The Morgan fingerprint density at radius 2 is 1.93 bits per heavy atom. The first-order valence-corrected chi connectivity index (χ1v) is 9.40. The third kappa shape index (κ3) is 5.63. The van der Waals surface area contributed by atoms with Gasteiger partial charge in [-0.05, 0) is 60.0 Å². The molecule has 0 saturated heterocycles. The van der Waals surface area contributed by atoms with Crippen LogP contribution in [0.25, 0.3) is 6.08 Å². The van der Waals surface area contributed by atoms with Crippen LogP contribution >= 0.6 is 11.6 Å². The zero-order chi connectivity index (χ0) is 21.3. The predicted octanol–water partition coefficient (Wildman–Crippen LogP) is 4.80. The summed E-state index contributed by atoms with van der Waals surface area (Å²) in [6.45, 7) is 0. The van der Waals surface area contributed by atoms with Crippen molar-refractivity contribution in [3.05, 3.63) is 88.7 Å². The molecule has 0 unspecified atom stereocenters. The Morgan fingerprint density at radius 1 is 1.07 bits per heavy atom. The number of amides is 1. The fraction of sp³-hybridized carbons (Fsp3) is 0.0833. The van der Waals surface area contributed by atoms with E-state index >= 15 is 0 Å². The zero-order valence-electron chi connectivity index (χ0n) is 16.5. The Balaban J connectivity index is 1.70. The van der Waals surface area contributed by atoms with Gasteiger partial charge in [-0.1, -0.05) is 29.7 Å². The van der Waals surface area contributed by atoms with Gasteiger partial charge >= 0.3 is 0 Å². The second-order valence-corrected chi connectivity index (χ2v) is 6.51. The van der Waals surface area contributed by atoms with E-state index in [0.29, 0.717) is 33.5 Å². The van der Waals surface area contributed by atoms with Gasteiger partial charge in [0, 0.05) is 23.5 Å². The van der Waals surface area contributed by atoms with Crippen LogP contribution in [0.2, 0.25) is 5.02 Å². The molecule has 0 fully saturated rings. The number of hydrogen-bond acceptors (Lipinski definition) is 4. The number of halogens is 1. The lowest BCUT2D eigenvalue weighted by molar-refractivity contribution is -0.111. The van der Waals surface area contributed by atoms with E-state index in [1.165, 1.54) is 20.3 Å². The first kappa shape index (κ1) is 21.0. The van der Waals surface area contributed by atoms with E-state index in [1.54, 1.807) is 36.5 Å². The summed E-state index contributed by atoms with van der Waals surface area (Å²) in [5, 5.41) is 3.22. The Bertz CT molecular complexity index is 1130. The molecule has 150 valence electrons. The molecule has 0 spiro atoms. The molecule has 0 saturated carbocycles. The third-order valence-corrected chi connectivity index (χ3v) is 4.29. The van der Waals surface area contributed by atoms with Crippen molar-refractivity contribution in [1.29, 1.82) is 0 Å². The van der Waals surface area contributed by atoms with E-state index in [-0.39, 0.29) is 5.91 Å². The van der Waals surface area contributed by atoms with Gasteiger partial charge in [-0.3, -0.25) is 4.79 Å². The first-order valence-electron chi connectivity index (χ1n) is 9.03. The zero-order valence-corrected chi connectivity index (χ0v) is 17.2. The molecule has 0 atom stereocenters. The second kappa shape index (κ2) is 10.1. The highest BCUT2D eigenvalue weighted by atomic mass is 35.5. The van der Waals surface area contributed by atoms with Crippen molar-refractivity contribution in [3.63, 3.8) is 0 Å². The summed E-state index contributed by atoms with van der Waals surface area (Å²) in [5.74, 6) is 6.69. The highest BCUT2D eigenvalue weighted by Gasteiger charge is 2.10. The Labute approximate surface area is 180 Å². The van der Waals surface area contributed by atoms with Crippen molar-refractivity contribution in [1.82, 2.24) is 4.98 Å². The quantitative estimate of drug-likeness (QED) is 0.477. The predicted molar refractivity (Wildman–Crippen MR) is 119 cm³/mol. The minimum Gasteiger partial charge on any atom is -0.493 e. The van der Waals surface area contributed by atoms with Crippen LogP contribution in [0, 0.1) is 11.8 Å². The van der Waals surface area contributed by atoms with Gasteiger partial charge in [0.1, 0.15) is 5.69 Å². The van der Waals surface area contributed by atoms with E-state index in [0.717, 1.165) is 5.56 Å². The highest BCUT2D eigenvalue weighted by Crippen LogP contribution is 2.36. The molecule has 6 heteroatoms. The smallest absolute Gasteiger partial charge is 0.248 e. The number of nitrogens with zero attached hydrogens (tertiary/aromatic N) is 1. The van der Waals surface area contributed by atoms with Crippen LogP contribution in [0.1, 0.15) is 16.8 Å². The first-order chi connectivity index (χ1) is 14.6. The maximum Gasteiger partial charge on any atom is 0.248 e. The van der Waals surface area contributed by atoms with Crippen LogP contribution in [-0.2, 0) is 4.79 Å². The summed E-state index contributed by atoms with van der Waals surface area (Å²) >= 11 is 6.19. The SMILES string of the molecule is COc1cc(/C=C/C(=O)Nc2cccc(C#Cc3ccccn3)c2)cc(Cl)c1OC. The molecule has 5 nitrogen and oxygen atoms in total. The molecule has 3 aromatic rings. The fourth-order valence-corrected chi connectivity index (χ4v) is 2.93. The van der Waals surface area contributed by atoms with E-state index in [9.17, 15) is 4.79 Å². The molecular weight excluding hydrogens is 400 g/mol. The molecule has 30 heavy (non-hydrogen) atoms. The molecule has 1 aromatic heterocycles. The number of methoxy groups -OCH3 is 2. The van der Waals surface area contributed by atoms with E-state index in [1.807, 2.05) is 30.3 Å². The number of ether oxygens (including phenoxy) is 2. The number of hydrogen-bond donors (Lipinski definition) is 1. The van der Waals surface area contributed by atoms with Crippen LogP contribution in [0.3, 0.4) is 0 Å². The summed E-state index contributed by atoms with van der Waals surface area (Å²) in [6, 6.07) is 16.3. The van der Waals surface area contributed by atoms with E-state index in [4.69, 9.17) is 21.1 Å². The summed E-state index contributed by atoms with van der Waals surface area (Å²) in [6.07, 6.45) is 4.76. The number of carbonyl (C=O) groups is 1. The van der Waals surface area contributed by atoms with Gasteiger partial charge in [0.15, 0.2) is 11.5 Å². The van der Waals surface area contributed by atoms with Gasteiger partial charge in [0.05, 0.1) is 19.2 Å². The molecule has 0 radical (unpaired) electrons. The van der Waals surface area contributed by atoms with E-state index < -0.39 is 0 Å². The second-order valence-electron chi connectivity index (χ2n) is 6.11. The van der Waals surface area contributed by atoms with Crippen molar-refractivity contribution in [2.75, 3.05) is 19.5 Å². The molecule has 3 rings (SSSR count). The van der Waals surface area contributed by atoms with Crippen LogP contribution < -0.4 is 14.8 Å². The number of rotatable bonds is 5. The van der Waals surface area contributed by atoms with Crippen LogP contribution in [0.4, 0.5) is 5.69 Å². The van der Waals surface area contributed by atoms with Crippen LogP contribution in [-0.4, -0.2) is 25.1 Å². The molecule has 0 aliphatic carbocycles. The standard InChI is InChI=1S/C24H19ClN2O3/c1-29-22-16-18(15-21(25)24(22)30-2)10-12-23(28)27-20-8-5-6-17(14-20)9-11-19-7-3-4-13-26-19/h3-8,10,12-16H,1-2H3,(H,27,28)/b12-10+. The van der Waals surface area contributed by atoms with Crippen LogP contribution in [0.5, 0.6) is 11.5 Å². The molecule has 1 amide bonds. The average Bonchev–Trinajstić information content (AvgIpc) is 2.77. The summed E-state index contributed by atoms with van der Waals surface area (Å²) in [7, 11) is 3.04. The fourth-order valence-electron chi connectivity index (χ4n) is 2.64. The normalized spacial score (nSPS) is 10.2. The van der Waals surface area contributed by atoms with Crippen molar-refractivity contribution >= 4 is 29.3 Å². The van der Waals surface area contributed by atoms with Gasteiger partial charge in [0.2, 0.25) is 5.91 Å². The minimum atomic E-state index is -0.282. The summed E-state index contributed by atoms with van der Waals surface area (Å²) in [4.78, 5) is 16.5. The molecule has 2 aromatic carbocycles. The molecule has 1 heterocycles. The number of nitrogens with one attached hydrogen (secondary N) is 1. The van der Waals surface area contributed by atoms with E-state index in [2.05, 4.69) is 22.1 Å². The number of carbonyl (C=O) groups excluding carboxylic acids is 1. The lowest BCUT2D eigenvalue weighted by Crippen LogP contribution is -2.07. The lowest BCUT2D eigenvalue weighted by Gasteiger charge is -2.10. The topological polar surface area (TPSA) is 60.5 Å².